The minimum Gasteiger partial charge on any atom is -0.355 e. The fourth-order valence-corrected chi connectivity index (χ4v) is 6.11. The van der Waals surface area contributed by atoms with Crippen molar-refractivity contribution in [3.8, 4) is 0 Å². The van der Waals surface area contributed by atoms with Gasteiger partial charge in [0.05, 0.1) is 0 Å². The summed E-state index contributed by atoms with van der Waals surface area (Å²) in [6.07, 6.45) is 3.38. The van der Waals surface area contributed by atoms with E-state index in [0.717, 1.165) is 30.9 Å². The molecule has 1 amide bonds. The fraction of sp³-hybridized carbons (Fsp3) is 0.800. The van der Waals surface area contributed by atoms with Crippen molar-refractivity contribution < 1.29 is 4.79 Å². The standard InChI is InChI=1S/C15H27NOS4/c1-15(2,3)14(17)16-7-6-12-13(20-9-4-8-18)21-11-5-10-19-12/h18H,4-11H2,1-3H3,(H,16,17). The number of amides is 1. The molecule has 122 valence electrons. The molecule has 0 bridgehead atoms. The fourth-order valence-electron chi connectivity index (χ4n) is 1.64. The Labute approximate surface area is 147 Å². The number of hydrogen-bond donors (Lipinski definition) is 2. The highest BCUT2D eigenvalue weighted by Gasteiger charge is 2.21. The topological polar surface area (TPSA) is 29.1 Å². The summed E-state index contributed by atoms with van der Waals surface area (Å²) in [7, 11) is 0. The molecule has 0 atom stereocenters. The molecule has 0 aromatic rings. The van der Waals surface area contributed by atoms with Crippen molar-refractivity contribution in [3.05, 3.63) is 9.14 Å². The zero-order valence-corrected chi connectivity index (χ0v) is 16.6. The Kier molecular flexibility index (Phi) is 9.73. The number of thioether (sulfide) groups is 3. The van der Waals surface area contributed by atoms with Crippen LogP contribution in [0.15, 0.2) is 9.14 Å². The summed E-state index contributed by atoms with van der Waals surface area (Å²) in [5.74, 6) is 4.65. The van der Waals surface area contributed by atoms with Crippen molar-refractivity contribution in [2.24, 2.45) is 5.41 Å². The molecule has 6 heteroatoms. The molecular formula is C15H27NOS4. The lowest BCUT2D eigenvalue weighted by Crippen LogP contribution is -2.35. The highest BCUT2D eigenvalue weighted by molar-refractivity contribution is 8.23. The molecule has 0 spiro atoms. The van der Waals surface area contributed by atoms with Crippen molar-refractivity contribution >= 4 is 53.8 Å². The Morgan fingerprint density at radius 2 is 2.05 bits per heavy atom. The normalized spacial score (nSPS) is 16.8. The molecule has 1 heterocycles. The largest absolute Gasteiger partial charge is 0.355 e. The first kappa shape index (κ1) is 19.7. The van der Waals surface area contributed by atoms with E-state index in [4.69, 9.17) is 0 Å². The average molecular weight is 366 g/mol. The summed E-state index contributed by atoms with van der Waals surface area (Å²) in [4.78, 5) is 13.4. The van der Waals surface area contributed by atoms with Gasteiger partial charge in [-0.25, -0.2) is 0 Å². The summed E-state index contributed by atoms with van der Waals surface area (Å²) in [5.41, 5.74) is -0.302. The van der Waals surface area contributed by atoms with E-state index >= 15 is 0 Å². The number of nitrogens with one attached hydrogen (secondary N) is 1. The third kappa shape index (κ3) is 8.14. The number of thiol groups is 1. The van der Waals surface area contributed by atoms with E-state index in [1.54, 1.807) is 0 Å². The van der Waals surface area contributed by atoms with E-state index in [1.807, 2.05) is 56.1 Å². The number of rotatable bonds is 7. The van der Waals surface area contributed by atoms with Gasteiger partial charge >= 0.3 is 0 Å². The van der Waals surface area contributed by atoms with Gasteiger partial charge in [0.1, 0.15) is 0 Å². The van der Waals surface area contributed by atoms with Gasteiger partial charge in [-0.1, -0.05) is 20.8 Å². The first-order chi connectivity index (χ1) is 9.95. The SMILES string of the molecule is CC(C)(C)C(=O)NCCC1=C(SCCCS)SCCCS1. The van der Waals surface area contributed by atoms with Crippen molar-refractivity contribution in [1.29, 1.82) is 0 Å². The summed E-state index contributed by atoms with van der Waals surface area (Å²) in [5, 5.41) is 3.06. The molecule has 0 radical (unpaired) electrons. The molecule has 0 saturated heterocycles. The smallest absolute Gasteiger partial charge is 0.225 e. The molecule has 0 aliphatic carbocycles. The zero-order chi connectivity index (χ0) is 15.7. The molecule has 1 aliphatic heterocycles. The molecule has 1 aliphatic rings. The number of carbonyl (C=O) groups excluding carboxylic acids is 1. The maximum atomic E-state index is 11.9. The third-order valence-corrected chi connectivity index (χ3v) is 7.41. The average Bonchev–Trinajstić information content (AvgIpc) is 2.64. The van der Waals surface area contributed by atoms with Gasteiger partial charge in [0.2, 0.25) is 5.91 Å². The van der Waals surface area contributed by atoms with Crippen molar-refractivity contribution in [1.82, 2.24) is 5.32 Å². The minimum atomic E-state index is -0.302. The van der Waals surface area contributed by atoms with Gasteiger partial charge < -0.3 is 5.32 Å². The van der Waals surface area contributed by atoms with Crippen molar-refractivity contribution in [2.75, 3.05) is 29.6 Å². The number of carbonyl (C=O) groups is 1. The lowest BCUT2D eigenvalue weighted by Gasteiger charge is -2.18. The maximum Gasteiger partial charge on any atom is 0.225 e. The summed E-state index contributed by atoms with van der Waals surface area (Å²) in [6.45, 7) is 6.61. The summed E-state index contributed by atoms with van der Waals surface area (Å²) >= 11 is 10.2. The van der Waals surface area contributed by atoms with Crippen LogP contribution in [-0.4, -0.2) is 35.5 Å². The highest BCUT2D eigenvalue weighted by Crippen LogP contribution is 2.41. The molecule has 1 rings (SSSR count). The molecule has 2 nitrogen and oxygen atoms in total. The molecule has 0 saturated carbocycles. The van der Waals surface area contributed by atoms with Crippen LogP contribution in [0.25, 0.3) is 0 Å². The van der Waals surface area contributed by atoms with Crippen LogP contribution in [0.1, 0.15) is 40.0 Å². The maximum absolute atomic E-state index is 11.9. The van der Waals surface area contributed by atoms with Gasteiger partial charge in [0, 0.05) is 21.1 Å². The molecular weight excluding hydrogens is 338 g/mol. The molecule has 0 aromatic carbocycles. The van der Waals surface area contributed by atoms with E-state index in [0.29, 0.717) is 0 Å². The quantitative estimate of drug-likeness (QED) is 0.508. The lowest BCUT2D eigenvalue weighted by molar-refractivity contribution is -0.128. The van der Waals surface area contributed by atoms with Crippen LogP contribution in [0.2, 0.25) is 0 Å². The van der Waals surface area contributed by atoms with Crippen LogP contribution in [0.3, 0.4) is 0 Å². The Morgan fingerprint density at radius 1 is 1.33 bits per heavy atom. The van der Waals surface area contributed by atoms with E-state index in [2.05, 4.69) is 17.9 Å². The van der Waals surface area contributed by atoms with E-state index in [9.17, 15) is 4.79 Å². The second-order valence-corrected chi connectivity index (χ2v) is 10.0. The molecule has 0 unspecified atom stereocenters. The first-order valence-electron chi connectivity index (χ1n) is 7.46. The van der Waals surface area contributed by atoms with Crippen molar-refractivity contribution in [3.63, 3.8) is 0 Å². The second kappa shape index (κ2) is 10.4. The van der Waals surface area contributed by atoms with E-state index in [-0.39, 0.29) is 11.3 Å². The second-order valence-electron chi connectivity index (χ2n) is 5.94. The zero-order valence-electron chi connectivity index (χ0n) is 13.2. The number of hydrogen-bond acceptors (Lipinski definition) is 5. The van der Waals surface area contributed by atoms with E-state index in [1.165, 1.54) is 27.1 Å². The Morgan fingerprint density at radius 3 is 2.71 bits per heavy atom. The van der Waals surface area contributed by atoms with E-state index < -0.39 is 0 Å². The molecule has 21 heavy (non-hydrogen) atoms. The van der Waals surface area contributed by atoms with Gasteiger partial charge in [-0.3, -0.25) is 4.79 Å². The molecule has 0 aromatic heterocycles. The van der Waals surface area contributed by atoms with Gasteiger partial charge in [-0.15, -0.1) is 35.3 Å². The van der Waals surface area contributed by atoms with Gasteiger partial charge in [-0.05, 0) is 42.3 Å². The van der Waals surface area contributed by atoms with Crippen LogP contribution in [-0.2, 0) is 4.79 Å². The summed E-state index contributed by atoms with van der Waals surface area (Å²) in [6, 6.07) is 0. The minimum absolute atomic E-state index is 0.138. The lowest BCUT2D eigenvalue weighted by atomic mass is 9.96. The van der Waals surface area contributed by atoms with Crippen LogP contribution in [0.5, 0.6) is 0 Å². The Balaban J connectivity index is 2.50. The highest BCUT2D eigenvalue weighted by atomic mass is 32.2. The third-order valence-electron chi connectivity index (χ3n) is 2.88. The molecule has 1 N–H and O–H groups in total. The monoisotopic (exact) mass is 365 g/mol. The van der Waals surface area contributed by atoms with Crippen LogP contribution in [0.4, 0.5) is 0 Å². The predicted molar refractivity (Wildman–Crippen MR) is 105 cm³/mol. The predicted octanol–water partition coefficient (Wildman–Crippen LogP) is 4.63. The van der Waals surface area contributed by atoms with Gasteiger partial charge in [-0.2, -0.15) is 12.6 Å². The summed E-state index contributed by atoms with van der Waals surface area (Å²) < 4.78 is 1.48. The van der Waals surface area contributed by atoms with Crippen LogP contribution < -0.4 is 5.32 Å². The van der Waals surface area contributed by atoms with Crippen LogP contribution in [0, 0.1) is 5.41 Å². The molecule has 0 fully saturated rings. The Hall–Kier alpha value is 0.610. The Bertz CT molecular complexity index is 363. The first-order valence-corrected chi connectivity index (χ1v) is 11.0. The van der Waals surface area contributed by atoms with Crippen LogP contribution >= 0.6 is 47.9 Å². The van der Waals surface area contributed by atoms with Gasteiger partial charge in [0.25, 0.3) is 0 Å². The van der Waals surface area contributed by atoms with Gasteiger partial charge in [0.15, 0.2) is 0 Å². The van der Waals surface area contributed by atoms with Crippen molar-refractivity contribution in [2.45, 2.75) is 40.0 Å².